The van der Waals surface area contributed by atoms with Crippen LogP contribution >= 0.6 is 0 Å². The number of rotatable bonds is 2. The van der Waals surface area contributed by atoms with Crippen LogP contribution in [-0.4, -0.2) is 34.1 Å². The van der Waals surface area contributed by atoms with Gasteiger partial charge in [0.25, 0.3) is 0 Å². The standard InChI is InChI=1S/C5H9N5/c1-10(2)9-5-7-3-6-4-8-5/h3-4H,1-2H3,(H,6,7,8,9). The molecule has 1 aromatic heterocycles. The molecule has 1 aromatic rings. The van der Waals surface area contributed by atoms with E-state index in [1.165, 1.54) is 12.7 Å². The average Bonchev–Trinajstić information content (AvgIpc) is 1.88. The quantitative estimate of drug-likeness (QED) is 0.573. The first-order chi connectivity index (χ1) is 4.79. The number of anilines is 1. The van der Waals surface area contributed by atoms with Crippen LogP contribution in [0.25, 0.3) is 0 Å². The van der Waals surface area contributed by atoms with Crippen molar-refractivity contribution in [3.05, 3.63) is 12.7 Å². The molecule has 0 aliphatic carbocycles. The Bertz CT molecular complexity index is 184. The Morgan fingerprint density at radius 3 is 2.40 bits per heavy atom. The highest BCUT2D eigenvalue weighted by atomic mass is 15.5. The smallest absolute Gasteiger partial charge is 0.240 e. The van der Waals surface area contributed by atoms with Crippen LogP contribution in [0.5, 0.6) is 0 Å². The summed E-state index contributed by atoms with van der Waals surface area (Å²) in [7, 11) is 3.73. The van der Waals surface area contributed by atoms with Gasteiger partial charge >= 0.3 is 0 Å². The maximum atomic E-state index is 3.84. The highest BCUT2D eigenvalue weighted by Crippen LogP contribution is 1.90. The second kappa shape index (κ2) is 3.07. The number of nitrogens with one attached hydrogen (secondary N) is 1. The number of hydrazine groups is 1. The molecule has 0 saturated carbocycles. The average molecular weight is 139 g/mol. The lowest BCUT2D eigenvalue weighted by Gasteiger charge is -2.09. The van der Waals surface area contributed by atoms with Gasteiger partial charge in [-0.3, -0.25) is 5.43 Å². The van der Waals surface area contributed by atoms with Crippen LogP contribution in [0.2, 0.25) is 0 Å². The second-order valence-electron chi connectivity index (χ2n) is 1.97. The highest BCUT2D eigenvalue weighted by molar-refractivity contribution is 5.17. The molecule has 5 nitrogen and oxygen atoms in total. The van der Waals surface area contributed by atoms with Gasteiger partial charge in [-0.2, -0.15) is 0 Å². The molecule has 0 fully saturated rings. The van der Waals surface area contributed by atoms with Crippen LogP contribution < -0.4 is 5.43 Å². The van der Waals surface area contributed by atoms with Gasteiger partial charge in [-0.25, -0.2) is 20.0 Å². The van der Waals surface area contributed by atoms with Crippen LogP contribution in [0.3, 0.4) is 0 Å². The molecule has 0 amide bonds. The minimum Gasteiger partial charge on any atom is -0.287 e. The molecule has 1 rings (SSSR count). The van der Waals surface area contributed by atoms with E-state index in [1.807, 2.05) is 14.1 Å². The molecule has 0 bridgehead atoms. The molecule has 0 saturated heterocycles. The molecule has 0 radical (unpaired) electrons. The van der Waals surface area contributed by atoms with Crippen molar-refractivity contribution < 1.29 is 0 Å². The summed E-state index contributed by atoms with van der Waals surface area (Å²) < 4.78 is 0. The third kappa shape index (κ3) is 1.94. The van der Waals surface area contributed by atoms with Gasteiger partial charge in [0, 0.05) is 14.1 Å². The lowest BCUT2D eigenvalue weighted by Crippen LogP contribution is -2.21. The molecular formula is C5H9N5. The lowest BCUT2D eigenvalue weighted by atomic mass is 10.9. The summed E-state index contributed by atoms with van der Waals surface area (Å²) >= 11 is 0. The highest BCUT2D eigenvalue weighted by Gasteiger charge is 1.91. The van der Waals surface area contributed by atoms with E-state index in [1.54, 1.807) is 5.01 Å². The van der Waals surface area contributed by atoms with E-state index in [2.05, 4.69) is 20.4 Å². The molecule has 5 heteroatoms. The SMILES string of the molecule is CN(C)Nc1ncncn1. The molecule has 10 heavy (non-hydrogen) atoms. The Hall–Kier alpha value is -1.23. The number of hydrogen-bond donors (Lipinski definition) is 1. The van der Waals surface area contributed by atoms with E-state index in [9.17, 15) is 0 Å². The fourth-order valence-electron chi connectivity index (χ4n) is 0.497. The van der Waals surface area contributed by atoms with Gasteiger partial charge in [-0.1, -0.05) is 0 Å². The van der Waals surface area contributed by atoms with Gasteiger partial charge in [0.2, 0.25) is 5.95 Å². The monoisotopic (exact) mass is 139 g/mol. The predicted octanol–water partition coefficient (Wildman–Crippen LogP) is -0.240. The summed E-state index contributed by atoms with van der Waals surface area (Å²) in [6, 6.07) is 0. The van der Waals surface area contributed by atoms with Crippen molar-refractivity contribution in [1.29, 1.82) is 0 Å². The molecule has 1 N–H and O–H groups in total. The first-order valence-electron chi connectivity index (χ1n) is 2.85. The van der Waals surface area contributed by atoms with Crippen LogP contribution in [0.4, 0.5) is 5.95 Å². The van der Waals surface area contributed by atoms with Crippen LogP contribution in [0.15, 0.2) is 12.7 Å². The van der Waals surface area contributed by atoms with E-state index < -0.39 is 0 Å². The van der Waals surface area contributed by atoms with E-state index in [0.717, 1.165) is 0 Å². The zero-order valence-electron chi connectivity index (χ0n) is 5.94. The van der Waals surface area contributed by atoms with Gasteiger partial charge in [0.05, 0.1) is 0 Å². The second-order valence-corrected chi connectivity index (χ2v) is 1.97. The van der Waals surface area contributed by atoms with Crippen LogP contribution in [0, 0.1) is 0 Å². The largest absolute Gasteiger partial charge is 0.287 e. The zero-order valence-corrected chi connectivity index (χ0v) is 5.94. The predicted molar refractivity (Wildman–Crippen MR) is 37.1 cm³/mol. The zero-order chi connectivity index (χ0) is 7.40. The summed E-state index contributed by atoms with van der Waals surface area (Å²) in [6.45, 7) is 0. The Morgan fingerprint density at radius 1 is 1.30 bits per heavy atom. The summed E-state index contributed by atoms with van der Waals surface area (Å²) in [5, 5.41) is 1.76. The topological polar surface area (TPSA) is 53.9 Å². The molecule has 0 aliphatic heterocycles. The Balaban J connectivity index is 2.59. The van der Waals surface area contributed by atoms with E-state index in [-0.39, 0.29) is 0 Å². The van der Waals surface area contributed by atoms with Crippen molar-refractivity contribution in [3.63, 3.8) is 0 Å². The first-order valence-corrected chi connectivity index (χ1v) is 2.85. The van der Waals surface area contributed by atoms with Gasteiger partial charge in [0.15, 0.2) is 0 Å². The first kappa shape index (κ1) is 6.88. The maximum absolute atomic E-state index is 3.84. The maximum Gasteiger partial charge on any atom is 0.240 e. The molecule has 0 spiro atoms. The molecule has 54 valence electrons. The third-order valence-corrected chi connectivity index (χ3v) is 0.817. The Kier molecular flexibility index (Phi) is 2.11. The van der Waals surface area contributed by atoms with Crippen molar-refractivity contribution in [1.82, 2.24) is 20.0 Å². The summed E-state index contributed by atoms with van der Waals surface area (Å²) in [5.41, 5.74) is 2.88. The minimum atomic E-state index is 0.556. The number of aromatic nitrogens is 3. The van der Waals surface area contributed by atoms with Crippen molar-refractivity contribution in [2.75, 3.05) is 19.5 Å². The lowest BCUT2D eigenvalue weighted by molar-refractivity contribution is 0.488. The molecule has 0 atom stereocenters. The number of hydrogen-bond acceptors (Lipinski definition) is 5. The van der Waals surface area contributed by atoms with Crippen molar-refractivity contribution >= 4 is 5.95 Å². The normalized spacial score (nSPS) is 9.90. The van der Waals surface area contributed by atoms with Gasteiger partial charge in [-0.05, 0) is 0 Å². The van der Waals surface area contributed by atoms with Crippen LogP contribution in [-0.2, 0) is 0 Å². The van der Waals surface area contributed by atoms with Crippen LogP contribution in [0.1, 0.15) is 0 Å². The molecule has 0 aromatic carbocycles. The Morgan fingerprint density at radius 2 is 1.90 bits per heavy atom. The molecule has 1 heterocycles. The fourth-order valence-corrected chi connectivity index (χ4v) is 0.497. The van der Waals surface area contributed by atoms with Gasteiger partial charge < -0.3 is 0 Å². The minimum absolute atomic E-state index is 0.556. The van der Waals surface area contributed by atoms with E-state index in [4.69, 9.17) is 0 Å². The third-order valence-electron chi connectivity index (χ3n) is 0.817. The number of nitrogens with zero attached hydrogens (tertiary/aromatic N) is 4. The molecule has 0 aliphatic rings. The summed E-state index contributed by atoms with van der Waals surface area (Å²) in [6.07, 6.45) is 2.89. The van der Waals surface area contributed by atoms with Crippen molar-refractivity contribution in [2.24, 2.45) is 0 Å². The fraction of sp³-hybridized carbons (Fsp3) is 0.400. The summed E-state index contributed by atoms with van der Waals surface area (Å²) in [5.74, 6) is 0.556. The van der Waals surface area contributed by atoms with E-state index in [0.29, 0.717) is 5.95 Å². The van der Waals surface area contributed by atoms with Crippen molar-refractivity contribution in [3.8, 4) is 0 Å². The molecular weight excluding hydrogens is 130 g/mol. The summed E-state index contributed by atoms with van der Waals surface area (Å²) in [4.78, 5) is 11.4. The molecule has 0 unspecified atom stereocenters. The van der Waals surface area contributed by atoms with Gasteiger partial charge in [-0.15, -0.1) is 0 Å². The van der Waals surface area contributed by atoms with Crippen molar-refractivity contribution in [2.45, 2.75) is 0 Å². The Labute approximate surface area is 59.1 Å². The van der Waals surface area contributed by atoms with E-state index >= 15 is 0 Å². The van der Waals surface area contributed by atoms with Gasteiger partial charge in [0.1, 0.15) is 12.7 Å².